The van der Waals surface area contributed by atoms with E-state index in [1.807, 2.05) is 61.2 Å². The van der Waals surface area contributed by atoms with Gasteiger partial charge in [-0.3, -0.25) is 14.5 Å². The van der Waals surface area contributed by atoms with Gasteiger partial charge in [-0.15, -0.1) is 0 Å². The Bertz CT molecular complexity index is 1010. The Kier molecular flexibility index (Phi) is 5.65. The number of anilines is 2. The molecular weight excluding hydrogens is 452 g/mol. The molecule has 29 heavy (non-hydrogen) atoms. The van der Waals surface area contributed by atoms with Gasteiger partial charge in [-0.2, -0.15) is 0 Å². The van der Waals surface area contributed by atoms with Gasteiger partial charge in [0.15, 0.2) is 5.17 Å². The normalized spacial score (nSPS) is 18.5. The van der Waals surface area contributed by atoms with Gasteiger partial charge in [-0.1, -0.05) is 39.8 Å². The molecule has 0 radical (unpaired) electrons. The van der Waals surface area contributed by atoms with Crippen LogP contribution in [0.25, 0.3) is 0 Å². The van der Waals surface area contributed by atoms with Gasteiger partial charge in [0.1, 0.15) is 18.6 Å². The number of nitrogens with zero attached hydrogens (tertiary/aromatic N) is 3. The molecule has 2 heterocycles. The van der Waals surface area contributed by atoms with Crippen molar-refractivity contribution in [3.8, 4) is 0 Å². The predicted molar refractivity (Wildman–Crippen MR) is 121 cm³/mol. The van der Waals surface area contributed by atoms with E-state index in [0.29, 0.717) is 18.5 Å². The molecule has 2 aliphatic heterocycles. The highest BCUT2D eigenvalue weighted by Gasteiger charge is 2.41. The summed E-state index contributed by atoms with van der Waals surface area (Å²) in [5.74, 6) is -0.230. The lowest BCUT2D eigenvalue weighted by atomic mass is 10.1. The highest BCUT2D eigenvalue weighted by atomic mass is 79.9. The highest BCUT2D eigenvalue weighted by molar-refractivity contribution is 9.10. The number of carbonyl (C=O) groups excluding carboxylic acids is 2. The van der Waals surface area contributed by atoms with E-state index in [2.05, 4.69) is 26.2 Å². The van der Waals surface area contributed by atoms with Crippen molar-refractivity contribution in [2.24, 2.45) is 4.99 Å². The van der Waals surface area contributed by atoms with Crippen molar-refractivity contribution in [1.82, 2.24) is 4.90 Å². The summed E-state index contributed by atoms with van der Waals surface area (Å²) in [6, 6.07) is 13.7. The fourth-order valence-corrected chi connectivity index (χ4v) is 4.80. The van der Waals surface area contributed by atoms with E-state index < -0.39 is 5.25 Å². The lowest BCUT2D eigenvalue weighted by Crippen LogP contribution is -2.46. The second-order valence-corrected chi connectivity index (χ2v) is 9.25. The minimum absolute atomic E-state index is 0.0660. The van der Waals surface area contributed by atoms with Crippen molar-refractivity contribution in [2.45, 2.75) is 25.5 Å². The molecule has 1 saturated heterocycles. The van der Waals surface area contributed by atoms with Gasteiger partial charge in [-0.05, 0) is 55.3 Å². The first kappa shape index (κ1) is 20.0. The number of rotatable bonds is 4. The molecule has 8 heteroatoms. The molecule has 0 unspecified atom stereocenters. The number of benzene rings is 2. The zero-order valence-corrected chi connectivity index (χ0v) is 18.6. The monoisotopic (exact) mass is 472 g/mol. The van der Waals surface area contributed by atoms with E-state index >= 15 is 0 Å². The average molecular weight is 473 g/mol. The molecule has 2 aromatic rings. The number of thioether (sulfide) groups is 1. The van der Waals surface area contributed by atoms with Crippen molar-refractivity contribution in [3.05, 3.63) is 58.1 Å². The number of hydrogen-bond donors (Lipinski definition) is 1. The Hall–Kier alpha value is -2.32. The number of hydrogen-bond acceptors (Lipinski definition) is 5. The van der Waals surface area contributed by atoms with Gasteiger partial charge in [0.05, 0.1) is 0 Å². The fourth-order valence-electron chi connectivity index (χ4n) is 3.29. The molecule has 2 amide bonds. The van der Waals surface area contributed by atoms with Gasteiger partial charge in [0.25, 0.3) is 0 Å². The summed E-state index contributed by atoms with van der Waals surface area (Å²) in [4.78, 5) is 33.6. The third kappa shape index (κ3) is 4.33. The molecule has 0 aromatic heterocycles. The Morgan fingerprint density at radius 2 is 2.07 bits per heavy atom. The Morgan fingerprint density at radius 3 is 2.83 bits per heavy atom. The molecule has 0 bridgehead atoms. The standard InChI is InChI=1S/C21H21BrN4O2S/c1-13-6-7-16(8-14(13)2)24-19(27)10-18-20(28)26-12-25(11-23-21(26)29-18)17-5-3-4-15(22)9-17/h3-9,18H,10-12H2,1-2H3,(H,24,27)/t18-/m0/s1. The SMILES string of the molecule is Cc1ccc(NC(=O)C[C@@H]2SC3=NCN(c4cccc(Br)c4)CN3C2=O)cc1C. The molecule has 0 aliphatic carbocycles. The second kappa shape index (κ2) is 8.20. The van der Waals surface area contributed by atoms with Gasteiger partial charge < -0.3 is 10.2 Å². The lowest BCUT2D eigenvalue weighted by molar-refractivity contribution is -0.128. The van der Waals surface area contributed by atoms with E-state index in [9.17, 15) is 9.59 Å². The number of amidine groups is 1. The number of fused-ring (bicyclic) bond motifs is 1. The van der Waals surface area contributed by atoms with Crippen LogP contribution in [-0.2, 0) is 9.59 Å². The van der Waals surface area contributed by atoms with Crippen molar-refractivity contribution in [2.75, 3.05) is 23.6 Å². The second-order valence-electron chi connectivity index (χ2n) is 7.17. The van der Waals surface area contributed by atoms with Gasteiger partial charge in [-0.25, -0.2) is 4.99 Å². The summed E-state index contributed by atoms with van der Waals surface area (Å²) < 4.78 is 0.979. The first-order chi connectivity index (χ1) is 13.9. The number of amides is 2. The Morgan fingerprint density at radius 1 is 1.24 bits per heavy atom. The summed E-state index contributed by atoms with van der Waals surface area (Å²) in [5.41, 5.74) is 4.04. The number of nitrogens with one attached hydrogen (secondary N) is 1. The van der Waals surface area contributed by atoms with Crippen LogP contribution >= 0.6 is 27.7 Å². The third-order valence-electron chi connectivity index (χ3n) is 5.04. The molecule has 1 fully saturated rings. The van der Waals surface area contributed by atoms with Crippen LogP contribution in [-0.4, -0.2) is 40.5 Å². The van der Waals surface area contributed by atoms with E-state index in [0.717, 1.165) is 21.4 Å². The fraction of sp³-hybridized carbons (Fsp3) is 0.286. The van der Waals surface area contributed by atoms with Gasteiger partial charge in [0, 0.05) is 22.3 Å². The summed E-state index contributed by atoms with van der Waals surface area (Å²) in [7, 11) is 0. The van der Waals surface area contributed by atoms with E-state index in [-0.39, 0.29) is 18.2 Å². The first-order valence-electron chi connectivity index (χ1n) is 9.31. The minimum atomic E-state index is -0.442. The minimum Gasteiger partial charge on any atom is -0.334 e. The molecule has 150 valence electrons. The van der Waals surface area contributed by atoms with Crippen LogP contribution in [0.2, 0.25) is 0 Å². The largest absolute Gasteiger partial charge is 0.334 e. The molecule has 0 saturated carbocycles. The first-order valence-corrected chi connectivity index (χ1v) is 11.0. The maximum absolute atomic E-state index is 12.9. The van der Waals surface area contributed by atoms with Gasteiger partial charge in [0.2, 0.25) is 11.8 Å². The van der Waals surface area contributed by atoms with E-state index in [1.165, 1.54) is 17.3 Å². The van der Waals surface area contributed by atoms with Crippen molar-refractivity contribution >= 4 is 56.0 Å². The van der Waals surface area contributed by atoms with E-state index in [1.54, 1.807) is 4.90 Å². The maximum Gasteiger partial charge on any atom is 0.244 e. The van der Waals surface area contributed by atoms with Crippen molar-refractivity contribution in [3.63, 3.8) is 0 Å². The number of carbonyl (C=O) groups is 2. The molecule has 4 rings (SSSR count). The summed E-state index contributed by atoms with van der Waals surface area (Å²) in [6.45, 7) is 4.97. The topological polar surface area (TPSA) is 65.0 Å². The van der Waals surface area contributed by atoms with Crippen LogP contribution in [0.5, 0.6) is 0 Å². The van der Waals surface area contributed by atoms with Crippen molar-refractivity contribution < 1.29 is 9.59 Å². The van der Waals surface area contributed by atoms with Crippen LogP contribution < -0.4 is 10.2 Å². The summed E-state index contributed by atoms with van der Waals surface area (Å²) >= 11 is 4.85. The Labute approximate surface area is 182 Å². The molecule has 6 nitrogen and oxygen atoms in total. The highest BCUT2D eigenvalue weighted by Crippen LogP contribution is 2.33. The lowest BCUT2D eigenvalue weighted by Gasteiger charge is -2.32. The number of aryl methyl sites for hydroxylation is 2. The average Bonchev–Trinajstić information content (AvgIpc) is 2.99. The quantitative estimate of drug-likeness (QED) is 0.726. The molecule has 1 atom stereocenters. The number of halogens is 1. The summed E-state index contributed by atoms with van der Waals surface area (Å²) in [6.07, 6.45) is 0.128. The third-order valence-corrected chi connectivity index (χ3v) is 6.75. The summed E-state index contributed by atoms with van der Waals surface area (Å²) in [5, 5.41) is 3.16. The van der Waals surface area contributed by atoms with Gasteiger partial charge >= 0.3 is 0 Å². The number of aliphatic imine (C=N–C) groups is 1. The van der Waals surface area contributed by atoms with E-state index in [4.69, 9.17) is 0 Å². The molecule has 1 N–H and O–H groups in total. The Balaban J connectivity index is 1.40. The molecule has 0 spiro atoms. The molecular formula is C21H21BrN4O2S. The maximum atomic E-state index is 12.9. The van der Waals surface area contributed by atoms with Crippen LogP contribution in [0.3, 0.4) is 0 Å². The van der Waals surface area contributed by atoms with Crippen LogP contribution in [0.15, 0.2) is 51.9 Å². The van der Waals surface area contributed by atoms with Crippen LogP contribution in [0.1, 0.15) is 17.5 Å². The predicted octanol–water partition coefficient (Wildman–Crippen LogP) is 4.13. The zero-order chi connectivity index (χ0) is 20.5. The molecule has 2 aromatic carbocycles. The smallest absolute Gasteiger partial charge is 0.244 e. The van der Waals surface area contributed by atoms with Crippen molar-refractivity contribution in [1.29, 1.82) is 0 Å². The van der Waals surface area contributed by atoms with Crippen LogP contribution in [0, 0.1) is 13.8 Å². The van der Waals surface area contributed by atoms with Crippen LogP contribution in [0.4, 0.5) is 11.4 Å². The molecule has 2 aliphatic rings. The zero-order valence-electron chi connectivity index (χ0n) is 16.2.